The van der Waals surface area contributed by atoms with Crippen LogP contribution in [-0.2, 0) is 0 Å². The van der Waals surface area contributed by atoms with Crippen LogP contribution < -0.4 is 5.73 Å². The second kappa shape index (κ2) is 4.34. The Balaban J connectivity index is 2.63. The standard InChI is InChI=1S/C8H10N2OS2/c1-10(5-7(9)12)8(11)6-3-2-4-13-6/h2-4H,5H2,1H3,(H2,9,12). The molecule has 1 aromatic rings. The molecule has 0 saturated carbocycles. The topological polar surface area (TPSA) is 46.3 Å². The van der Waals surface area contributed by atoms with E-state index in [0.717, 1.165) is 0 Å². The Morgan fingerprint density at radius 1 is 1.77 bits per heavy atom. The van der Waals surface area contributed by atoms with Crippen molar-refractivity contribution >= 4 is 34.5 Å². The summed E-state index contributed by atoms with van der Waals surface area (Å²) in [5.41, 5.74) is 5.33. The van der Waals surface area contributed by atoms with Gasteiger partial charge in [0, 0.05) is 7.05 Å². The summed E-state index contributed by atoms with van der Waals surface area (Å²) in [4.78, 5) is 14.1. The summed E-state index contributed by atoms with van der Waals surface area (Å²) < 4.78 is 0. The van der Waals surface area contributed by atoms with Gasteiger partial charge in [-0.3, -0.25) is 4.79 Å². The van der Waals surface area contributed by atoms with E-state index in [0.29, 0.717) is 16.4 Å². The molecule has 0 bridgehead atoms. The SMILES string of the molecule is CN(CC(N)=S)C(=O)c1cccs1. The summed E-state index contributed by atoms with van der Waals surface area (Å²) in [5.74, 6) is -0.0391. The summed E-state index contributed by atoms with van der Waals surface area (Å²) in [6.07, 6.45) is 0. The third kappa shape index (κ3) is 2.78. The zero-order valence-electron chi connectivity index (χ0n) is 7.19. The highest BCUT2D eigenvalue weighted by Crippen LogP contribution is 2.10. The van der Waals surface area contributed by atoms with Crippen LogP contribution in [0.15, 0.2) is 17.5 Å². The third-order valence-corrected chi connectivity index (χ3v) is 2.46. The molecular weight excluding hydrogens is 204 g/mol. The van der Waals surface area contributed by atoms with Gasteiger partial charge in [0.25, 0.3) is 5.91 Å². The van der Waals surface area contributed by atoms with Crippen LogP contribution in [0, 0.1) is 0 Å². The highest BCUT2D eigenvalue weighted by molar-refractivity contribution is 7.80. The lowest BCUT2D eigenvalue weighted by Crippen LogP contribution is -2.33. The molecule has 1 rings (SSSR count). The van der Waals surface area contributed by atoms with E-state index in [1.165, 1.54) is 16.2 Å². The number of amides is 1. The van der Waals surface area contributed by atoms with Gasteiger partial charge in [-0.05, 0) is 11.4 Å². The van der Waals surface area contributed by atoms with Crippen molar-refractivity contribution in [2.75, 3.05) is 13.6 Å². The number of hydrogen-bond acceptors (Lipinski definition) is 3. The molecule has 0 aromatic carbocycles. The molecule has 1 amide bonds. The Morgan fingerprint density at radius 3 is 2.92 bits per heavy atom. The molecule has 0 saturated heterocycles. The van der Waals surface area contributed by atoms with Crippen molar-refractivity contribution in [1.29, 1.82) is 0 Å². The van der Waals surface area contributed by atoms with Crippen LogP contribution in [0.1, 0.15) is 9.67 Å². The fourth-order valence-corrected chi connectivity index (χ4v) is 1.81. The van der Waals surface area contributed by atoms with E-state index in [9.17, 15) is 4.79 Å². The van der Waals surface area contributed by atoms with Gasteiger partial charge in [-0.2, -0.15) is 0 Å². The smallest absolute Gasteiger partial charge is 0.264 e. The van der Waals surface area contributed by atoms with Crippen LogP contribution in [-0.4, -0.2) is 29.4 Å². The number of thiophene rings is 1. The first-order valence-electron chi connectivity index (χ1n) is 3.68. The van der Waals surface area contributed by atoms with Gasteiger partial charge < -0.3 is 10.6 Å². The first kappa shape index (κ1) is 10.1. The fourth-order valence-electron chi connectivity index (χ4n) is 0.894. The lowest BCUT2D eigenvalue weighted by molar-refractivity contribution is 0.0820. The molecule has 3 nitrogen and oxygen atoms in total. The second-order valence-electron chi connectivity index (χ2n) is 2.60. The quantitative estimate of drug-likeness (QED) is 0.767. The molecular formula is C8H10N2OS2. The minimum atomic E-state index is -0.0391. The highest BCUT2D eigenvalue weighted by atomic mass is 32.1. The summed E-state index contributed by atoms with van der Waals surface area (Å²) in [7, 11) is 1.68. The van der Waals surface area contributed by atoms with Crippen LogP contribution in [0.3, 0.4) is 0 Å². The number of nitrogens with zero attached hydrogens (tertiary/aromatic N) is 1. The molecule has 1 heterocycles. The minimum Gasteiger partial charge on any atom is -0.392 e. The zero-order chi connectivity index (χ0) is 9.84. The van der Waals surface area contributed by atoms with Gasteiger partial charge in [0.05, 0.1) is 16.4 Å². The molecule has 0 aliphatic rings. The third-order valence-electron chi connectivity index (χ3n) is 1.47. The maximum absolute atomic E-state index is 11.6. The van der Waals surface area contributed by atoms with Crippen LogP contribution in [0.4, 0.5) is 0 Å². The van der Waals surface area contributed by atoms with Crippen molar-refractivity contribution in [3.63, 3.8) is 0 Å². The van der Waals surface area contributed by atoms with E-state index in [4.69, 9.17) is 18.0 Å². The number of carbonyl (C=O) groups is 1. The van der Waals surface area contributed by atoms with Crippen molar-refractivity contribution in [2.24, 2.45) is 5.73 Å². The zero-order valence-corrected chi connectivity index (χ0v) is 8.82. The van der Waals surface area contributed by atoms with Crippen molar-refractivity contribution in [2.45, 2.75) is 0 Å². The minimum absolute atomic E-state index is 0.0391. The van der Waals surface area contributed by atoms with Crippen LogP contribution in [0.5, 0.6) is 0 Å². The first-order chi connectivity index (χ1) is 6.11. The lowest BCUT2D eigenvalue weighted by atomic mass is 10.4. The number of hydrogen-bond donors (Lipinski definition) is 1. The predicted octanol–water partition coefficient (Wildman–Crippen LogP) is 1.11. The van der Waals surface area contributed by atoms with E-state index < -0.39 is 0 Å². The fraction of sp³-hybridized carbons (Fsp3) is 0.250. The Hall–Kier alpha value is -0.940. The summed E-state index contributed by atoms with van der Waals surface area (Å²) in [6.45, 7) is 0.325. The second-order valence-corrected chi connectivity index (χ2v) is 4.08. The molecule has 1 aromatic heterocycles. The monoisotopic (exact) mass is 214 g/mol. The average Bonchev–Trinajstić information content (AvgIpc) is 2.53. The van der Waals surface area contributed by atoms with Crippen molar-refractivity contribution in [3.05, 3.63) is 22.4 Å². The van der Waals surface area contributed by atoms with E-state index >= 15 is 0 Å². The molecule has 0 aliphatic carbocycles. The highest BCUT2D eigenvalue weighted by Gasteiger charge is 2.12. The molecule has 0 atom stereocenters. The maximum atomic E-state index is 11.6. The maximum Gasteiger partial charge on any atom is 0.264 e. The van der Waals surface area contributed by atoms with Gasteiger partial charge in [0.15, 0.2) is 0 Å². The molecule has 0 aliphatic heterocycles. The number of thiocarbonyl (C=S) groups is 1. The Kier molecular flexibility index (Phi) is 3.39. The van der Waals surface area contributed by atoms with Crippen LogP contribution >= 0.6 is 23.6 Å². The van der Waals surface area contributed by atoms with Gasteiger partial charge in [-0.15, -0.1) is 11.3 Å². The number of rotatable bonds is 3. The van der Waals surface area contributed by atoms with Crippen molar-refractivity contribution < 1.29 is 4.79 Å². The van der Waals surface area contributed by atoms with E-state index in [1.807, 2.05) is 11.4 Å². The normalized spacial score (nSPS) is 9.62. The molecule has 70 valence electrons. The Labute approximate surface area is 86.2 Å². The lowest BCUT2D eigenvalue weighted by Gasteiger charge is -2.14. The largest absolute Gasteiger partial charge is 0.392 e. The van der Waals surface area contributed by atoms with Crippen LogP contribution in [0.2, 0.25) is 0 Å². The van der Waals surface area contributed by atoms with Gasteiger partial charge in [-0.1, -0.05) is 18.3 Å². The Morgan fingerprint density at radius 2 is 2.46 bits per heavy atom. The first-order valence-corrected chi connectivity index (χ1v) is 4.97. The number of likely N-dealkylation sites (N-methyl/N-ethyl adjacent to an activating group) is 1. The molecule has 0 radical (unpaired) electrons. The van der Waals surface area contributed by atoms with E-state index in [-0.39, 0.29) is 5.91 Å². The molecule has 0 fully saturated rings. The van der Waals surface area contributed by atoms with Crippen molar-refractivity contribution in [3.8, 4) is 0 Å². The average molecular weight is 214 g/mol. The number of nitrogens with two attached hydrogens (primary N) is 1. The summed E-state index contributed by atoms with van der Waals surface area (Å²) >= 11 is 6.12. The van der Waals surface area contributed by atoms with E-state index in [1.54, 1.807) is 13.1 Å². The summed E-state index contributed by atoms with van der Waals surface area (Å²) in [6, 6.07) is 3.62. The molecule has 0 spiro atoms. The molecule has 13 heavy (non-hydrogen) atoms. The number of carbonyl (C=O) groups excluding carboxylic acids is 1. The van der Waals surface area contributed by atoms with Gasteiger partial charge in [-0.25, -0.2) is 0 Å². The molecule has 0 unspecified atom stereocenters. The van der Waals surface area contributed by atoms with Crippen molar-refractivity contribution in [1.82, 2.24) is 4.90 Å². The van der Waals surface area contributed by atoms with Gasteiger partial charge in [0.2, 0.25) is 0 Å². The summed E-state index contributed by atoms with van der Waals surface area (Å²) in [5, 5.41) is 1.86. The predicted molar refractivity (Wildman–Crippen MR) is 58.1 cm³/mol. The molecule has 5 heteroatoms. The van der Waals surface area contributed by atoms with E-state index in [2.05, 4.69) is 0 Å². The van der Waals surface area contributed by atoms with Gasteiger partial charge >= 0.3 is 0 Å². The van der Waals surface area contributed by atoms with Crippen LogP contribution in [0.25, 0.3) is 0 Å². The van der Waals surface area contributed by atoms with Gasteiger partial charge in [0.1, 0.15) is 0 Å². The Bertz CT molecular complexity index is 308. The molecule has 2 N–H and O–H groups in total.